The van der Waals surface area contributed by atoms with Crippen molar-refractivity contribution >= 4 is 12.6 Å². The van der Waals surface area contributed by atoms with Crippen LogP contribution < -0.4 is 10.6 Å². The minimum Gasteiger partial charge on any atom is -0.391 e. The summed E-state index contributed by atoms with van der Waals surface area (Å²) in [5.74, 6) is 0. The zero-order valence-electron chi connectivity index (χ0n) is 10.3. The molecule has 17 heavy (non-hydrogen) atoms. The molecule has 1 saturated heterocycles. The molecule has 0 spiro atoms. The lowest BCUT2D eigenvalue weighted by Crippen LogP contribution is -2.59. The zero-order valence-corrected chi connectivity index (χ0v) is 10.3. The SMILES string of the molecule is CC(O)C(OC1(C)C=NC=N1)C1CNCCN1. The highest BCUT2D eigenvalue weighted by Crippen LogP contribution is 2.19. The molecule has 0 aliphatic carbocycles. The Kier molecular flexibility index (Phi) is 3.88. The summed E-state index contributed by atoms with van der Waals surface area (Å²) in [7, 11) is 0. The van der Waals surface area contributed by atoms with E-state index in [0.717, 1.165) is 19.6 Å². The minimum absolute atomic E-state index is 0.0878. The molecule has 2 aliphatic heterocycles. The van der Waals surface area contributed by atoms with Gasteiger partial charge in [0.1, 0.15) is 12.4 Å². The fourth-order valence-electron chi connectivity index (χ4n) is 2.11. The van der Waals surface area contributed by atoms with Crippen LogP contribution in [0, 0.1) is 0 Å². The Hall–Kier alpha value is -0.820. The molecule has 2 heterocycles. The molecule has 4 unspecified atom stereocenters. The maximum Gasteiger partial charge on any atom is 0.194 e. The fraction of sp³-hybridized carbons (Fsp3) is 0.818. The van der Waals surface area contributed by atoms with Crippen molar-refractivity contribution in [1.82, 2.24) is 10.6 Å². The molecule has 0 radical (unpaired) electrons. The van der Waals surface area contributed by atoms with Crippen LogP contribution in [-0.2, 0) is 4.74 Å². The van der Waals surface area contributed by atoms with Gasteiger partial charge in [-0.25, -0.2) is 9.98 Å². The van der Waals surface area contributed by atoms with Crippen LogP contribution in [0.3, 0.4) is 0 Å². The molecule has 0 aromatic heterocycles. The Morgan fingerprint density at radius 3 is 2.88 bits per heavy atom. The van der Waals surface area contributed by atoms with Crippen LogP contribution in [0.5, 0.6) is 0 Å². The molecule has 2 aliphatic rings. The van der Waals surface area contributed by atoms with Gasteiger partial charge in [0.05, 0.1) is 12.3 Å². The summed E-state index contributed by atoms with van der Waals surface area (Å²) in [6, 6.07) is 0.0878. The second-order valence-electron chi connectivity index (χ2n) is 4.67. The number of aliphatic hydroxyl groups is 1. The predicted octanol–water partition coefficient (Wildman–Crippen LogP) is -0.857. The number of aliphatic hydroxyl groups excluding tert-OH is 1. The van der Waals surface area contributed by atoms with Gasteiger partial charge in [0.15, 0.2) is 5.72 Å². The summed E-state index contributed by atoms with van der Waals surface area (Å²) >= 11 is 0. The van der Waals surface area contributed by atoms with Gasteiger partial charge in [-0.2, -0.15) is 0 Å². The van der Waals surface area contributed by atoms with Gasteiger partial charge >= 0.3 is 0 Å². The van der Waals surface area contributed by atoms with Crippen LogP contribution in [0.1, 0.15) is 13.8 Å². The van der Waals surface area contributed by atoms with Gasteiger partial charge in [-0.05, 0) is 13.8 Å². The van der Waals surface area contributed by atoms with E-state index in [0.29, 0.717) is 0 Å². The van der Waals surface area contributed by atoms with Crippen LogP contribution in [0.25, 0.3) is 0 Å². The standard InChI is InChI=1S/C11H20N4O2/c1-8(16)10(9-5-12-3-4-14-9)17-11(2)6-13-7-15-11/h6-10,12,14,16H,3-5H2,1-2H3. The highest BCUT2D eigenvalue weighted by Gasteiger charge is 2.35. The molecule has 1 fully saturated rings. The molecule has 0 aromatic carbocycles. The summed E-state index contributed by atoms with van der Waals surface area (Å²) in [4.78, 5) is 8.09. The molecule has 4 atom stereocenters. The van der Waals surface area contributed by atoms with Crippen molar-refractivity contribution in [3.05, 3.63) is 0 Å². The van der Waals surface area contributed by atoms with E-state index in [-0.39, 0.29) is 12.1 Å². The normalized spacial score (nSPS) is 36.1. The number of nitrogens with one attached hydrogen (secondary N) is 2. The number of rotatable bonds is 4. The molecule has 0 bridgehead atoms. The Balaban J connectivity index is 2.01. The summed E-state index contributed by atoms with van der Waals surface area (Å²) in [5, 5.41) is 16.5. The molecule has 96 valence electrons. The van der Waals surface area contributed by atoms with Crippen molar-refractivity contribution in [3.8, 4) is 0 Å². The van der Waals surface area contributed by atoms with Gasteiger partial charge in [0, 0.05) is 25.7 Å². The molecular weight excluding hydrogens is 220 g/mol. The lowest BCUT2D eigenvalue weighted by Gasteiger charge is -2.36. The third-order valence-electron chi connectivity index (χ3n) is 3.01. The Bertz CT molecular complexity index is 299. The number of aliphatic imine (C=N–C) groups is 2. The van der Waals surface area contributed by atoms with Gasteiger partial charge in [-0.3, -0.25) is 0 Å². The second kappa shape index (κ2) is 5.22. The highest BCUT2D eigenvalue weighted by molar-refractivity contribution is 5.84. The van der Waals surface area contributed by atoms with Crippen molar-refractivity contribution in [2.75, 3.05) is 19.6 Å². The van der Waals surface area contributed by atoms with E-state index in [1.807, 2.05) is 6.92 Å². The fourth-order valence-corrected chi connectivity index (χ4v) is 2.11. The molecule has 2 rings (SSSR count). The number of ether oxygens (including phenoxy) is 1. The number of hydrogen-bond donors (Lipinski definition) is 3. The summed E-state index contributed by atoms with van der Waals surface area (Å²) in [6.07, 6.45) is 2.26. The first-order chi connectivity index (χ1) is 8.11. The van der Waals surface area contributed by atoms with Crippen molar-refractivity contribution in [2.45, 2.75) is 37.8 Å². The monoisotopic (exact) mass is 240 g/mol. The first-order valence-electron chi connectivity index (χ1n) is 5.99. The van der Waals surface area contributed by atoms with E-state index in [1.54, 1.807) is 13.1 Å². The molecule has 0 amide bonds. The van der Waals surface area contributed by atoms with E-state index in [4.69, 9.17) is 4.74 Å². The minimum atomic E-state index is -0.749. The average molecular weight is 240 g/mol. The van der Waals surface area contributed by atoms with Crippen molar-refractivity contribution in [3.63, 3.8) is 0 Å². The van der Waals surface area contributed by atoms with Crippen molar-refractivity contribution < 1.29 is 9.84 Å². The number of piperazine rings is 1. The number of nitrogens with zero attached hydrogens (tertiary/aromatic N) is 2. The molecule has 6 nitrogen and oxygen atoms in total. The molecule has 6 heteroatoms. The lowest BCUT2D eigenvalue weighted by molar-refractivity contribution is -0.101. The van der Waals surface area contributed by atoms with E-state index in [1.165, 1.54) is 6.34 Å². The van der Waals surface area contributed by atoms with E-state index >= 15 is 0 Å². The van der Waals surface area contributed by atoms with Gasteiger partial charge < -0.3 is 20.5 Å². The Morgan fingerprint density at radius 1 is 1.53 bits per heavy atom. The van der Waals surface area contributed by atoms with E-state index < -0.39 is 11.8 Å². The van der Waals surface area contributed by atoms with Crippen LogP contribution in [0.2, 0.25) is 0 Å². The Labute approximate surface area is 101 Å². The summed E-state index contributed by atoms with van der Waals surface area (Å²) < 4.78 is 5.90. The molecule has 0 aromatic rings. The third-order valence-corrected chi connectivity index (χ3v) is 3.01. The number of hydrogen-bond acceptors (Lipinski definition) is 6. The van der Waals surface area contributed by atoms with Crippen LogP contribution in [0.15, 0.2) is 9.98 Å². The topological polar surface area (TPSA) is 78.2 Å². The highest BCUT2D eigenvalue weighted by atomic mass is 16.5. The second-order valence-corrected chi connectivity index (χ2v) is 4.67. The average Bonchev–Trinajstić information content (AvgIpc) is 2.74. The first-order valence-corrected chi connectivity index (χ1v) is 5.99. The van der Waals surface area contributed by atoms with Gasteiger partial charge in [0.25, 0.3) is 0 Å². The van der Waals surface area contributed by atoms with Crippen LogP contribution in [0.4, 0.5) is 0 Å². The first kappa shape index (κ1) is 12.6. The van der Waals surface area contributed by atoms with Crippen molar-refractivity contribution in [1.29, 1.82) is 0 Å². The summed E-state index contributed by atoms with van der Waals surface area (Å²) in [5.41, 5.74) is -0.749. The largest absolute Gasteiger partial charge is 0.391 e. The van der Waals surface area contributed by atoms with Gasteiger partial charge in [0.2, 0.25) is 0 Å². The zero-order chi connectivity index (χ0) is 12.3. The van der Waals surface area contributed by atoms with Gasteiger partial charge in [-0.15, -0.1) is 0 Å². The summed E-state index contributed by atoms with van der Waals surface area (Å²) in [6.45, 7) is 6.18. The quantitative estimate of drug-likeness (QED) is 0.598. The Morgan fingerprint density at radius 2 is 2.35 bits per heavy atom. The van der Waals surface area contributed by atoms with Crippen LogP contribution >= 0.6 is 0 Å². The van der Waals surface area contributed by atoms with Crippen LogP contribution in [-0.4, -0.2) is 61.3 Å². The van der Waals surface area contributed by atoms with Crippen molar-refractivity contribution in [2.24, 2.45) is 9.98 Å². The predicted molar refractivity (Wildman–Crippen MR) is 66.6 cm³/mol. The maximum atomic E-state index is 9.85. The van der Waals surface area contributed by atoms with E-state index in [2.05, 4.69) is 20.6 Å². The molecule has 3 N–H and O–H groups in total. The van der Waals surface area contributed by atoms with Gasteiger partial charge in [-0.1, -0.05) is 0 Å². The third kappa shape index (κ3) is 3.10. The molecule has 0 saturated carbocycles. The smallest absolute Gasteiger partial charge is 0.194 e. The molecular formula is C11H20N4O2. The lowest BCUT2D eigenvalue weighted by atomic mass is 10.0. The maximum absolute atomic E-state index is 9.85. The van der Waals surface area contributed by atoms with E-state index in [9.17, 15) is 5.11 Å².